The monoisotopic (exact) mass is 222 g/mol. The Bertz CT molecular complexity index is 448. The molecule has 0 amide bonds. The van der Waals surface area contributed by atoms with Crippen LogP contribution in [0.4, 0.5) is 0 Å². The highest BCUT2D eigenvalue weighted by atomic mass is 35.5. The van der Waals surface area contributed by atoms with Crippen LogP contribution in [0.1, 0.15) is 11.6 Å². The van der Waals surface area contributed by atoms with Gasteiger partial charge in [-0.2, -0.15) is 0 Å². The molecule has 0 bridgehead atoms. The van der Waals surface area contributed by atoms with Crippen LogP contribution in [-0.4, -0.2) is 29.9 Å². The standard InChI is InChI=1S/C12H15ClN2/c1-15(2)12(7-13)10-8-14-11-6-4-3-5-9(10)11/h3-6,8,12,14H,7H2,1-2H3. The van der Waals surface area contributed by atoms with E-state index < -0.39 is 0 Å². The minimum absolute atomic E-state index is 0.266. The van der Waals surface area contributed by atoms with Crippen molar-refractivity contribution < 1.29 is 0 Å². The smallest absolute Gasteiger partial charge is 0.0498 e. The Morgan fingerprint density at radius 1 is 1.33 bits per heavy atom. The van der Waals surface area contributed by atoms with Gasteiger partial charge in [0, 0.05) is 29.0 Å². The Kier molecular flexibility index (Phi) is 2.98. The summed E-state index contributed by atoms with van der Waals surface area (Å²) >= 11 is 6.00. The van der Waals surface area contributed by atoms with Crippen molar-refractivity contribution >= 4 is 22.5 Å². The predicted octanol–water partition coefficient (Wildman–Crippen LogP) is 3.01. The van der Waals surface area contributed by atoms with Gasteiger partial charge in [-0.3, -0.25) is 0 Å². The molecule has 1 atom stereocenters. The van der Waals surface area contributed by atoms with Crippen LogP contribution in [0.2, 0.25) is 0 Å². The zero-order valence-electron chi connectivity index (χ0n) is 9.00. The summed E-state index contributed by atoms with van der Waals surface area (Å²) in [4.78, 5) is 5.41. The molecule has 0 saturated carbocycles. The van der Waals surface area contributed by atoms with E-state index in [1.54, 1.807) is 0 Å². The lowest BCUT2D eigenvalue weighted by atomic mass is 10.1. The van der Waals surface area contributed by atoms with Gasteiger partial charge in [0.05, 0.1) is 0 Å². The number of hydrogen-bond donors (Lipinski definition) is 1. The lowest BCUT2D eigenvalue weighted by Crippen LogP contribution is -2.20. The minimum atomic E-state index is 0.266. The molecule has 0 spiro atoms. The molecule has 1 aromatic heterocycles. The van der Waals surface area contributed by atoms with Gasteiger partial charge in [-0.15, -0.1) is 11.6 Å². The number of halogens is 1. The summed E-state index contributed by atoms with van der Waals surface area (Å²) < 4.78 is 0. The molecule has 0 aliphatic carbocycles. The van der Waals surface area contributed by atoms with Crippen LogP contribution < -0.4 is 0 Å². The molecule has 0 saturated heterocycles. The van der Waals surface area contributed by atoms with Crippen molar-refractivity contribution in [3.8, 4) is 0 Å². The van der Waals surface area contributed by atoms with Crippen molar-refractivity contribution in [3.05, 3.63) is 36.0 Å². The Morgan fingerprint density at radius 3 is 2.73 bits per heavy atom. The third-order valence-electron chi connectivity index (χ3n) is 2.75. The number of aromatic nitrogens is 1. The first kappa shape index (κ1) is 10.5. The number of alkyl halides is 1. The molecule has 2 rings (SSSR count). The van der Waals surface area contributed by atoms with Crippen LogP contribution >= 0.6 is 11.6 Å². The minimum Gasteiger partial charge on any atom is -0.361 e. The lowest BCUT2D eigenvalue weighted by Gasteiger charge is -2.21. The van der Waals surface area contributed by atoms with Gasteiger partial charge in [0.1, 0.15) is 0 Å². The summed E-state index contributed by atoms with van der Waals surface area (Å²) in [5, 5.41) is 1.26. The third kappa shape index (κ3) is 1.87. The van der Waals surface area contributed by atoms with Crippen LogP contribution in [0.25, 0.3) is 10.9 Å². The molecular weight excluding hydrogens is 208 g/mol. The molecule has 0 aliphatic rings. The van der Waals surface area contributed by atoms with Gasteiger partial charge in [-0.25, -0.2) is 0 Å². The summed E-state index contributed by atoms with van der Waals surface area (Å²) in [5.41, 5.74) is 2.44. The summed E-state index contributed by atoms with van der Waals surface area (Å²) in [7, 11) is 4.10. The number of fused-ring (bicyclic) bond motifs is 1. The summed E-state index contributed by atoms with van der Waals surface area (Å²) in [6, 6.07) is 8.57. The number of nitrogens with one attached hydrogen (secondary N) is 1. The van der Waals surface area contributed by atoms with E-state index in [1.165, 1.54) is 16.5 Å². The molecule has 3 heteroatoms. The number of nitrogens with zero attached hydrogens (tertiary/aromatic N) is 1. The first-order valence-corrected chi connectivity index (χ1v) is 5.56. The van der Waals surface area contributed by atoms with E-state index in [9.17, 15) is 0 Å². The number of rotatable bonds is 3. The van der Waals surface area contributed by atoms with Crippen molar-refractivity contribution in [1.82, 2.24) is 9.88 Å². The molecule has 80 valence electrons. The number of H-pyrrole nitrogens is 1. The Morgan fingerprint density at radius 2 is 2.07 bits per heavy atom. The average Bonchev–Trinajstić information content (AvgIpc) is 2.63. The molecule has 1 heterocycles. The Labute approximate surface area is 94.8 Å². The zero-order valence-corrected chi connectivity index (χ0v) is 9.75. The molecule has 1 unspecified atom stereocenters. The van der Waals surface area contributed by atoms with Crippen LogP contribution in [0, 0.1) is 0 Å². The molecule has 0 radical (unpaired) electrons. The molecule has 0 aliphatic heterocycles. The van der Waals surface area contributed by atoms with E-state index in [-0.39, 0.29) is 6.04 Å². The van der Waals surface area contributed by atoms with E-state index in [2.05, 4.69) is 48.4 Å². The lowest BCUT2D eigenvalue weighted by molar-refractivity contribution is 0.326. The highest BCUT2D eigenvalue weighted by molar-refractivity contribution is 6.18. The maximum absolute atomic E-state index is 6.00. The number of aromatic amines is 1. The van der Waals surface area contributed by atoms with E-state index >= 15 is 0 Å². The molecule has 15 heavy (non-hydrogen) atoms. The third-order valence-corrected chi connectivity index (χ3v) is 3.04. The van der Waals surface area contributed by atoms with Crippen molar-refractivity contribution in [2.75, 3.05) is 20.0 Å². The van der Waals surface area contributed by atoms with E-state index in [4.69, 9.17) is 11.6 Å². The molecule has 1 N–H and O–H groups in total. The topological polar surface area (TPSA) is 19.0 Å². The van der Waals surface area contributed by atoms with Crippen LogP contribution in [0.5, 0.6) is 0 Å². The van der Waals surface area contributed by atoms with Gasteiger partial charge in [0.15, 0.2) is 0 Å². The van der Waals surface area contributed by atoms with E-state index in [1.807, 2.05) is 6.07 Å². The quantitative estimate of drug-likeness (QED) is 0.792. The molecular formula is C12H15ClN2. The Balaban J connectivity index is 2.51. The largest absolute Gasteiger partial charge is 0.361 e. The van der Waals surface area contributed by atoms with Gasteiger partial charge < -0.3 is 9.88 Å². The fourth-order valence-corrected chi connectivity index (χ4v) is 2.31. The number of hydrogen-bond acceptors (Lipinski definition) is 1. The summed E-state index contributed by atoms with van der Waals surface area (Å²) in [6.07, 6.45) is 2.05. The van der Waals surface area contributed by atoms with Crippen molar-refractivity contribution in [2.24, 2.45) is 0 Å². The van der Waals surface area contributed by atoms with Gasteiger partial charge in [-0.05, 0) is 25.7 Å². The average molecular weight is 223 g/mol. The zero-order chi connectivity index (χ0) is 10.8. The first-order valence-electron chi connectivity index (χ1n) is 5.02. The van der Waals surface area contributed by atoms with Crippen molar-refractivity contribution in [1.29, 1.82) is 0 Å². The van der Waals surface area contributed by atoms with Gasteiger partial charge in [-0.1, -0.05) is 18.2 Å². The van der Waals surface area contributed by atoms with Crippen molar-refractivity contribution in [2.45, 2.75) is 6.04 Å². The molecule has 2 nitrogen and oxygen atoms in total. The van der Waals surface area contributed by atoms with Crippen LogP contribution in [-0.2, 0) is 0 Å². The second kappa shape index (κ2) is 4.25. The van der Waals surface area contributed by atoms with Gasteiger partial charge in [0.25, 0.3) is 0 Å². The van der Waals surface area contributed by atoms with Crippen LogP contribution in [0.15, 0.2) is 30.5 Å². The maximum Gasteiger partial charge on any atom is 0.0498 e. The molecule has 0 fully saturated rings. The second-order valence-electron chi connectivity index (χ2n) is 3.92. The highest BCUT2D eigenvalue weighted by Crippen LogP contribution is 2.27. The maximum atomic E-state index is 6.00. The fraction of sp³-hybridized carbons (Fsp3) is 0.333. The highest BCUT2D eigenvalue weighted by Gasteiger charge is 2.16. The fourth-order valence-electron chi connectivity index (χ4n) is 1.87. The number of benzene rings is 1. The molecule has 2 aromatic rings. The van der Waals surface area contributed by atoms with Gasteiger partial charge in [0.2, 0.25) is 0 Å². The van der Waals surface area contributed by atoms with Crippen molar-refractivity contribution in [3.63, 3.8) is 0 Å². The van der Waals surface area contributed by atoms with Gasteiger partial charge >= 0.3 is 0 Å². The first-order chi connectivity index (χ1) is 7.24. The molecule has 1 aromatic carbocycles. The predicted molar refractivity (Wildman–Crippen MR) is 65.4 cm³/mol. The SMILES string of the molecule is CN(C)C(CCl)c1c[nH]c2ccccc12. The Hall–Kier alpha value is -0.990. The summed E-state index contributed by atoms with van der Waals surface area (Å²) in [5.74, 6) is 0.606. The number of para-hydroxylation sites is 1. The van der Waals surface area contributed by atoms with E-state index in [0.29, 0.717) is 5.88 Å². The summed E-state index contributed by atoms with van der Waals surface area (Å²) in [6.45, 7) is 0. The van der Waals surface area contributed by atoms with E-state index in [0.717, 1.165) is 0 Å². The normalized spacial score (nSPS) is 13.6. The van der Waals surface area contributed by atoms with Crippen LogP contribution in [0.3, 0.4) is 0 Å². The second-order valence-corrected chi connectivity index (χ2v) is 4.23.